The van der Waals surface area contributed by atoms with Crippen LogP contribution in [-0.2, 0) is 10.0 Å². The van der Waals surface area contributed by atoms with Crippen molar-refractivity contribution in [3.05, 3.63) is 28.3 Å². The summed E-state index contributed by atoms with van der Waals surface area (Å²) in [4.78, 5) is 0.384. The van der Waals surface area contributed by atoms with Gasteiger partial charge in [-0.3, -0.25) is 0 Å². The van der Waals surface area contributed by atoms with E-state index in [0.29, 0.717) is 4.90 Å². The number of halogens is 1. The fraction of sp³-hybridized carbons (Fsp3) is 0.571. The zero-order valence-electron chi connectivity index (χ0n) is 13.0. The summed E-state index contributed by atoms with van der Waals surface area (Å²) in [5.41, 5.74) is 8.81. The summed E-state index contributed by atoms with van der Waals surface area (Å²) < 4.78 is 27.5. The molecule has 6 heteroatoms. The summed E-state index contributed by atoms with van der Waals surface area (Å²) in [6, 6.07) is 2.01. The molecule has 0 unspecified atom stereocenters. The van der Waals surface area contributed by atoms with Crippen LogP contribution < -0.4 is 10.5 Å². The molecule has 0 saturated heterocycles. The van der Waals surface area contributed by atoms with Crippen molar-refractivity contribution < 1.29 is 8.42 Å². The van der Waals surface area contributed by atoms with Gasteiger partial charge in [-0.15, -0.1) is 12.4 Å². The van der Waals surface area contributed by atoms with Crippen LogP contribution in [0.2, 0.25) is 0 Å². The molecule has 1 rings (SSSR count). The topological polar surface area (TPSA) is 72.2 Å². The van der Waals surface area contributed by atoms with E-state index in [4.69, 9.17) is 5.73 Å². The molecule has 0 aliphatic rings. The van der Waals surface area contributed by atoms with Gasteiger partial charge in [-0.2, -0.15) is 0 Å². The molecule has 0 fully saturated rings. The molecule has 3 N–H and O–H groups in total. The van der Waals surface area contributed by atoms with E-state index in [1.165, 1.54) is 0 Å². The second-order valence-electron chi connectivity index (χ2n) is 5.90. The Bertz CT molecular complexity index is 564. The number of rotatable bonds is 4. The van der Waals surface area contributed by atoms with Crippen LogP contribution in [0.15, 0.2) is 11.0 Å². The third-order valence-electron chi connectivity index (χ3n) is 3.28. The smallest absolute Gasteiger partial charge is 0.241 e. The maximum absolute atomic E-state index is 12.5. The molecular weight excluding hydrogens is 296 g/mol. The minimum atomic E-state index is -3.53. The summed E-state index contributed by atoms with van der Waals surface area (Å²) in [5.74, 6) is 0. The average molecular weight is 321 g/mol. The number of nitrogens with two attached hydrogens (primary N) is 1. The average Bonchev–Trinajstić information content (AvgIpc) is 2.23. The first-order valence-electron chi connectivity index (χ1n) is 6.31. The standard InChI is InChI=1S/C14H24N2O2S.ClH/c1-9-7-10(2)12(4)13(11(9)3)19(17,18)16-8-14(5,6)15;/h7,16H,8,15H2,1-6H3;1H. The maximum atomic E-state index is 12.5. The van der Waals surface area contributed by atoms with E-state index >= 15 is 0 Å². The minimum Gasteiger partial charge on any atom is -0.324 e. The van der Waals surface area contributed by atoms with Crippen molar-refractivity contribution in [2.24, 2.45) is 5.73 Å². The van der Waals surface area contributed by atoms with E-state index in [1.54, 1.807) is 13.8 Å². The molecular formula is C14H25ClN2O2S. The van der Waals surface area contributed by atoms with E-state index in [9.17, 15) is 8.42 Å². The number of aryl methyl sites for hydroxylation is 2. The molecule has 0 aliphatic heterocycles. The van der Waals surface area contributed by atoms with E-state index in [1.807, 2.05) is 33.8 Å². The first-order chi connectivity index (χ1) is 8.46. The highest BCUT2D eigenvalue weighted by atomic mass is 35.5. The number of benzene rings is 1. The van der Waals surface area contributed by atoms with E-state index in [2.05, 4.69) is 4.72 Å². The van der Waals surface area contributed by atoms with E-state index < -0.39 is 15.6 Å². The van der Waals surface area contributed by atoms with Crippen LogP contribution >= 0.6 is 12.4 Å². The summed E-state index contributed by atoms with van der Waals surface area (Å²) in [7, 11) is -3.53. The molecule has 20 heavy (non-hydrogen) atoms. The van der Waals surface area contributed by atoms with Gasteiger partial charge in [0.25, 0.3) is 0 Å². The summed E-state index contributed by atoms with van der Waals surface area (Å²) in [6.07, 6.45) is 0. The van der Waals surface area contributed by atoms with Gasteiger partial charge >= 0.3 is 0 Å². The summed E-state index contributed by atoms with van der Waals surface area (Å²) in [5, 5.41) is 0. The van der Waals surface area contributed by atoms with Crippen molar-refractivity contribution in [2.75, 3.05) is 6.54 Å². The molecule has 0 atom stereocenters. The fourth-order valence-electron chi connectivity index (χ4n) is 1.94. The molecule has 1 aromatic rings. The highest BCUT2D eigenvalue weighted by molar-refractivity contribution is 7.89. The predicted molar refractivity (Wildman–Crippen MR) is 86.1 cm³/mol. The highest BCUT2D eigenvalue weighted by Gasteiger charge is 2.23. The molecule has 0 radical (unpaired) electrons. The lowest BCUT2D eigenvalue weighted by molar-refractivity contribution is 0.497. The van der Waals surface area contributed by atoms with Gasteiger partial charge < -0.3 is 5.73 Å². The third kappa shape index (κ3) is 4.45. The molecule has 0 heterocycles. The number of hydrogen-bond acceptors (Lipinski definition) is 3. The Balaban J connectivity index is 0.00000361. The fourth-order valence-corrected chi connectivity index (χ4v) is 3.77. The monoisotopic (exact) mass is 320 g/mol. The van der Waals surface area contributed by atoms with Crippen LogP contribution in [0, 0.1) is 27.7 Å². The number of hydrogen-bond donors (Lipinski definition) is 2. The van der Waals surface area contributed by atoms with Crippen LogP contribution in [0.4, 0.5) is 0 Å². The van der Waals surface area contributed by atoms with E-state index in [0.717, 1.165) is 22.3 Å². The van der Waals surface area contributed by atoms with Crippen LogP contribution in [0.5, 0.6) is 0 Å². The minimum absolute atomic E-state index is 0. The van der Waals surface area contributed by atoms with Gasteiger partial charge in [0.2, 0.25) is 10.0 Å². The van der Waals surface area contributed by atoms with Gasteiger partial charge in [0.15, 0.2) is 0 Å². The lowest BCUT2D eigenvalue weighted by atomic mass is 10.0. The van der Waals surface area contributed by atoms with Gasteiger partial charge in [-0.25, -0.2) is 13.1 Å². The van der Waals surface area contributed by atoms with Crippen molar-refractivity contribution >= 4 is 22.4 Å². The van der Waals surface area contributed by atoms with Gasteiger partial charge in [0.05, 0.1) is 4.90 Å². The number of nitrogens with one attached hydrogen (secondary N) is 1. The normalized spacial score (nSPS) is 12.2. The van der Waals surface area contributed by atoms with Crippen molar-refractivity contribution in [1.29, 1.82) is 0 Å². The predicted octanol–water partition coefficient (Wildman–Crippen LogP) is 2.36. The van der Waals surface area contributed by atoms with Crippen molar-refractivity contribution in [2.45, 2.75) is 52.0 Å². The van der Waals surface area contributed by atoms with Crippen molar-refractivity contribution in [1.82, 2.24) is 4.72 Å². The van der Waals surface area contributed by atoms with Crippen molar-refractivity contribution in [3.63, 3.8) is 0 Å². The molecule has 0 saturated carbocycles. The second kappa shape index (κ2) is 6.43. The van der Waals surface area contributed by atoms with Crippen LogP contribution in [0.3, 0.4) is 0 Å². The van der Waals surface area contributed by atoms with Gasteiger partial charge in [0.1, 0.15) is 0 Å². The Kier molecular flexibility index (Phi) is 6.23. The Morgan fingerprint density at radius 3 is 1.85 bits per heavy atom. The molecule has 1 aromatic carbocycles. The third-order valence-corrected chi connectivity index (χ3v) is 4.96. The molecule has 0 aliphatic carbocycles. The first-order valence-corrected chi connectivity index (χ1v) is 7.80. The quantitative estimate of drug-likeness (QED) is 0.894. The first kappa shape index (κ1) is 19.4. The second-order valence-corrected chi connectivity index (χ2v) is 7.61. The SMILES string of the molecule is Cc1cc(C)c(C)c(S(=O)(=O)NCC(C)(C)N)c1C.Cl. The zero-order valence-corrected chi connectivity index (χ0v) is 14.6. The van der Waals surface area contributed by atoms with Crippen LogP contribution in [-0.4, -0.2) is 20.5 Å². The van der Waals surface area contributed by atoms with E-state index in [-0.39, 0.29) is 19.0 Å². The van der Waals surface area contributed by atoms with Crippen molar-refractivity contribution in [3.8, 4) is 0 Å². The lowest BCUT2D eigenvalue weighted by Crippen LogP contribution is -2.45. The summed E-state index contributed by atoms with van der Waals surface area (Å²) >= 11 is 0. The Morgan fingerprint density at radius 1 is 1.10 bits per heavy atom. The molecule has 4 nitrogen and oxygen atoms in total. The highest BCUT2D eigenvalue weighted by Crippen LogP contribution is 2.25. The molecule has 0 bridgehead atoms. The summed E-state index contributed by atoms with van der Waals surface area (Å²) in [6.45, 7) is 11.3. The molecule has 0 spiro atoms. The van der Waals surface area contributed by atoms with Gasteiger partial charge in [-0.1, -0.05) is 6.07 Å². The number of sulfonamides is 1. The van der Waals surface area contributed by atoms with Gasteiger partial charge in [-0.05, 0) is 63.8 Å². The lowest BCUT2D eigenvalue weighted by Gasteiger charge is -2.21. The molecule has 116 valence electrons. The zero-order chi connectivity index (χ0) is 15.0. The Hall–Kier alpha value is -0.620. The molecule has 0 amide bonds. The van der Waals surface area contributed by atoms with Crippen LogP contribution in [0.25, 0.3) is 0 Å². The Labute approximate surface area is 128 Å². The largest absolute Gasteiger partial charge is 0.324 e. The van der Waals surface area contributed by atoms with Crippen LogP contribution in [0.1, 0.15) is 36.1 Å². The Morgan fingerprint density at radius 2 is 1.50 bits per heavy atom. The molecule has 0 aromatic heterocycles. The maximum Gasteiger partial charge on any atom is 0.241 e. The van der Waals surface area contributed by atoms with Gasteiger partial charge in [0, 0.05) is 12.1 Å².